The van der Waals surface area contributed by atoms with Gasteiger partial charge in [-0.25, -0.2) is 9.59 Å². The average Bonchev–Trinajstić information content (AvgIpc) is 3.92. The first-order chi connectivity index (χ1) is 28.3. The van der Waals surface area contributed by atoms with Gasteiger partial charge >= 0.3 is 18.0 Å². The van der Waals surface area contributed by atoms with E-state index in [1.54, 1.807) is 13.8 Å². The van der Waals surface area contributed by atoms with E-state index in [-0.39, 0.29) is 60.6 Å². The number of thioether (sulfide) groups is 2. The number of aryl methyl sites for hydroxylation is 1. The molecule has 4 saturated heterocycles. The number of aromatic hydroxyl groups is 1. The van der Waals surface area contributed by atoms with Crippen LogP contribution < -0.4 is 34.9 Å². The second kappa shape index (κ2) is 16.7. The molecule has 6 aliphatic rings. The van der Waals surface area contributed by atoms with Gasteiger partial charge < -0.3 is 49.8 Å². The highest BCUT2D eigenvalue weighted by molar-refractivity contribution is 8.00. The molecule has 0 saturated carbocycles. The van der Waals surface area contributed by atoms with Gasteiger partial charge in [0, 0.05) is 64.1 Å². The van der Waals surface area contributed by atoms with E-state index in [0.29, 0.717) is 63.8 Å². The summed E-state index contributed by atoms with van der Waals surface area (Å²) in [6.07, 6.45) is 1.86. The normalized spacial score (nSPS) is 30.0. The van der Waals surface area contributed by atoms with E-state index < -0.39 is 48.4 Å². The number of methoxy groups -OCH3 is 1. The van der Waals surface area contributed by atoms with Crippen LogP contribution in [0.5, 0.6) is 28.7 Å². The fourth-order valence-corrected chi connectivity index (χ4v) is 12.8. The quantitative estimate of drug-likeness (QED) is 0.107. The number of piperazine rings is 1. The standard InChI is InChI=1S/C41H53N5O11S2/c1-18-11-22-12-25-39(50)46-26(30-19(2)36(57-21(4)47)20(3)37-38(30)56-17-55-37)13-54-40(51)24(14-58-16-27(46)33(45(25)5)31(22)34(49)35(18)53-6)42-29(48)10-8-7-9-28-32-23(15-59-28)43-41(52)44-32/h11,23-28,32-33,39,49-50H,7-10,12-17H2,1-6H3,(H,42,48)(H2,43,44,52)/t23?,24-,25-,26-,27?,28-,32?,33-,39-/m0/s1. The molecule has 2 aromatic rings. The third-order valence-electron chi connectivity index (χ3n) is 12.7. The number of cyclic esters (lactones) is 1. The Morgan fingerprint density at radius 3 is 2.54 bits per heavy atom. The Balaban J connectivity index is 1.11. The topological polar surface area (TPSA) is 197 Å². The number of carbonyl (C=O) groups excluding carboxylic acids is 4. The van der Waals surface area contributed by atoms with Crippen molar-refractivity contribution >= 4 is 47.4 Å². The summed E-state index contributed by atoms with van der Waals surface area (Å²) in [5, 5.41) is 33.6. The molecular formula is C41H53N5O11S2. The van der Waals surface area contributed by atoms with E-state index >= 15 is 0 Å². The van der Waals surface area contributed by atoms with Crippen LogP contribution in [-0.2, 0) is 25.5 Å². The van der Waals surface area contributed by atoms with Gasteiger partial charge in [-0.1, -0.05) is 12.5 Å². The van der Waals surface area contributed by atoms with E-state index in [0.717, 1.165) is 29.7 Å². The highest BCUT2D eigenvalue weighted by Crippen LogP contribution is 2.55. The lowest BCUT2D eigenvalue weighted by Gasteiger charge is -2.58. The van der Waals surface area contributed by atoms with Gasteiger partial charge in [0.1, 0.15) is 24.6 Å². The highest BCUT2D eigenvalue weighted by Gasteiger charge is 2.54. The molecule has 2 bridgehead atoms. The molecular weight excluding hydrogens is 803 g/mol. The minimum absolute atomic E-state index is 0.0432. The monoisotopic (exact) mass is 855 g/mol. The van der Waals surface area contributed by atoms with Gasteiger partial charge in [-0.05, 0) is 58.2 Å². The van der Waals surface area contributed by atoms with Gasteiger partial charge in [0.2, 0.25) is 12.7 Å². The van der Waals surface area contributed by atoms with E-state index in [9.17, 15) is 29.4 Å². The van der Waals surface area contributed by atoms with Crippen molar-refractivity contribution in [3.8, 4) is 28.7 Å². The highest BCUT2D eigenvalue weighted by atomic mass is 32.2. The number of benzene rings is 2. The Morgan fingerprint density at radius 1 is 1.00 bits per heavy atom. The number of rotatable bonds is 9. The van der Waals surface area contributed by atoms with Gasteiger partial charge in [0.05, 0.1) is 37.3 Å². The summed E-state index contributed by atoms with van der Waals surface area (Å²) < 4.78 is 29.7. The van der Waals surface area contributed by atoms with Crippen LogP contribution in [0, 0.1) is 20.8 Å². The van der Waals surface area contributed by atoms with Crippen molar-refractivity contribution in [3.05, 3.63) is 39.4 Å². The molecule has 3 unspecified atom stereocenters. The molecule has 0 radical (unpaired) electrons. The maximum atomic E-state index is 14.0. The van der Waals surface area contributed by atoms with Crippen molar-refractivity contribution in [2.24, 2.45) is 0 Å². The summed E-state index contributed by atoms with van der Waals surface area (Å²) in [7, 11) is 3.47. The van der Waals surface area contributed by atoms with E-state index in [1.807, 2.05) is 36.7 Å². The number of phenolic OH excluding ortho intramolecular Hbond substituents is 1. The number of nitrogens with zero attached hydrogens (tertiary/aromatic N) is 2. The van der Waals surface area contributed by atoms with E-state index in [2.05, 4.69) is 20.9 Å². The summed E-state index contributed by atoms with van der Waals surface area (Å²) in [4.78, 5) is 55.7. The summed E-state index contributed by atoms with van der Waals surface area (Å²) >= 11 is 3.29. The Hall–Kier alpha value is -4.10. The molecule has 0 spiro atoms. The average molecular weight is 856 g/mol. The molecule has 0 aliphatic carbocycles. The number of fused-ring (bicyclic) bond motifs is 8. The number of hydrogen-bond acceptors (Lipinski definition) is 15. The minimum atomic E-state index is -1.08. The lowest BCUT2D eigenvalue weighted by molar-refractivity contribution is -0.176. The first kappa shape index (κ1) is 41.6. The number of hydrogen-bond donors (Lipinski definition) is 5. The Morgan fingerprint density at radius 2 is 1.78 bits per heavy atom. The van der Waals surface area contributed by atoms with Crippen molar-refractivity contribution in [3.63, 3.8) is 0 Å². The van der Waals surface area contributed by atoms with Gasteiger partial charge in [-0.2, -0.15) is 23.5 Å². The van der Waals surface area contributed by atoms with Crippen molar-refractivity contribution in [1.29, 1.82) is 0 Å². The van der Waals surface area contributed by atoms with Crippen molar-refractivity contribution in [1.82, 2.24) is 25.8 Å². The lowest BCUT2D eigenvalue weighted by atomic mass is 9.78. The van der Waals surface area contributed by atoms with Crippen LogP contribution in [0.3, 0.4) is 0 Å². The van der Waals surface area contributed by atoms with Crippen molar-refractivity contribution in [2.45, 2.75) is 114 Å². The van der Waals surface area contributed by atoms with Crippen LogP contribution >= 0.6 is 23.5 Å². The Labute approximate surface area is 351 Å². The second-order valence-corrected chi connectivity index (χ2v) is 18.6. The molecule has 9 atom stereocenters. The Bertz CT molecular complexity index is 2040. The number of esters is 2. The molecule has 6 aliphatic heterocycles. The molecule has 320 valence electrons. The van der Waals surface area contributed by atoms with Gasteiger partial charge in [-0.15, -0.1) is 0 Å². The van der Waals surface area contributed by atoms with Crippen LogP contribution in [0.1, 0.15) is 78.1 Å². The van der Waals surface area contributed by atoms with Gasteiger partial charge in [-0.3, -0.25) is 19.4 Å². The van der Waals surface area contributed by atoms with Gasteiger partial charge in [0.25, 0.3) is 0 Å². The number of amides is 3. The molecule has 18 heteroatoms. The molecule has 2 aromatic carbocycles. The van der Waals surface area contributed by atoms with Crippen LogP contribution in [-0.4, -0.2) is 130 Å². The zero-order chi connectivity index (χ0) is 41.9. The third-order valence-corrected chi connectivity index (χ3v) is 15.4. The first-order valence-corrected chi connectivity index (χ1v) is 22.4. The number of carbonyl (C=O) groups is 4. The van der Waals surface area contributed by atoms with Crippen LogP contribution in [0.25, 0.3) is 0 Å². The van der Waals surface area contributed by atoms with Crippen LogP contribution in [0.15, 0.2) is 6.07 Å². The predicted octanol–water partition coefficient (Wildman–Crippen LogP) is 3.12. The number of aliphatic hydroxyl groups excluding tert-OH is 1. The first-order valence-electron chi connectivity index (χ1n) is 20.2. The zero-order valence-electron chi connectivity index (χ0n) is 34.1. The number of nitrogens with one attached hydrogen (secondary N) is 3. The molecule has 3 amide bonds. The number of phenols is 1. The second-order valence-electron chi connectivity index (χ2n) is 16.3. The lowest BCUT2D eigenvalue weighted by Crippen LogP contribution is -2.68. The van der Waals surface area contributed by atoms with Crippen molar-refractivity contribution in [2.75, 3.05) is 44.8 Å². The van der Waals surface area contributed by atoms with Crippen LogP contribution in [0.4, 0.5) is 4.79 Å². The number of aliphatic hydroxyl groups is 1. The SMILES string of the molecule is COc1c(C)cc2c(c1O)[C@@H]1C3CSC[C@H](NC(=O)CCCC[C@@H]4SCC5NC(=O)NC54)C(=O)OC[C@@H](c4c(C)c(OC(C)=O)c(C)c5c4OCO5)N3[C@@H](O)[C@H](C2)N1C. The number of urea groups is 1. The molecule has 6 heterocycles. The predicted molar refractivity (Wildman–Crippen MR) is 219 cm³/mol. The fraction of sp³-hybridized carbons (Fsp3) is 0.610. The molecule has 8 rings (SSSR count). The largest absolute Gasteiger partial charge is 0.504 e. The molecule has 0 aromatic heterocycles. The van der Waals surface area contributed by atoms with Gasteiger partial charge in [0.15, 0.2) is 23.0 Å². The number of ether oxygens (including phenoxy) is 5. The number of likely N-dealkylation sites (N-methyl/N-ethyl adjacent to an activating group) is 1. The summed E-state index contributed by atoms with van der Waals surface area (Å²) in [5.74, 6) is 1.58. The third kappa shape index (κ3) is 7.53. The zero-order valence-corrected chi connectivity index (χ0v) is 35.8. The molecule has 59 heavy (non-hydrogen) atoms. The summed E-state index contributed by atoms with van der Waals surface area (Å²) in [5.41, 5.74) is 4.08. The maximum Gasteiger partial charge on any atom is 0.329 e. The fourth-order valence-electron chi connectivity index (χ4n) is 10.1. The Kier molecular flexibility index (Phi) is 11.8. The molecule has 5 N–H and O–H groups in total. The van der Waals surface area contributed by atoms with E-state index in [1.165, 1.54) is 25.8 Å². The van der Waals surface area contributed by atoms with Crippen molar-refractivity contribution < 1.29 is 53.1 Å². The number of unbranched alkanes of at least 4 members (excludes halogenated alkanes) is 1. The summed E-state index contributed by atoms with van der Waals surface area (Å²) in [6.45, 7) is 6.46. The summed E-state index contributed by atoms with van der Waals surface area (Å²) in [6, 6.07) is -1.02. The molecule has 16 nitrogen and oxygen atoms in total. The smallest absolute Gasteiger partial charge is 0.329 e. The minimum Gasteiger partial charge on any atom is -0.504 e. The molecule has 4 fully saturated rings. The van der Waals surface area contributed by atoms with E-state index in [4.69, 9.17) is 23.7 Å². The maximum absolute atomic E-state index is 14.0. The van der Waals surface area contributed by atoms with Crippen LogP contribution in [0.2, 0.25) is 0 Å².